The zero-order valence-corrected chi connectivity index (χ0v) is 16.5. The van der Waals surface area contributed by atoms with E-state index in [9.17, 15) is 0 Å². The van der Waals surface area contributed by atoms with E-state index in [-0.39, 0.29) is 11.2 Å². The van der Waals surface area contributed by atoms with E-state index >= 15 is 0 Å². The Morgan fingerprint density at radius 1 is 1.15 bits per heavy atom. The average Bonchev–Trinajstić information content (AvgIpc) is 3.00. The van der Waals surface area contributed by atoms with Gasteiger partial charge >= 0.3 is 7.12 Å². The highest BCUT2D eigenvalue weighted by atomic mass is 16.7. The first kappa shape index (κ1) is 18.9. The molecule has 0 radical (unpaired) electrons. The molecule has 2 aromatic rings. The Kier molecular flexibility index (Phi) is 4.86. The summed E-state index contributed by atoms with van der Waals surface area (Å²) < 4.78 is 14.2. The molecule has 2 heterocycles. The van der Waals surface area contributed by atoms with Crippen molar-refractivity contribution in [1.29, 1.82) is 0 Å². The molecular formula is C20H28BN3O2. The first-order valence-electron chi connectivity index (χ1n) is 9.03. The van der Waals surface area contributed by atoms with Crippen molar-refractivity contribution in [3.8, 4) is 5.69 Å². The molecule has 0 aliphatic carbocycles. The Balaban J connectivity index is 1.91. The maximum absolute atomic E-state index is 6.14. The molecule has 3 rings (SSSR count). The van der Waals surface area contributed by atoms with Crippen LogP contribution in [0, 0.1) is 13.8 Å². The summed E-state index contributed by atoms with van der Waals surface area (Å²) in [5, 5.41) is 4.56. The number of hydrogen-bond donors (Lipinski definition) is 1. The number of nitrogens with zero attached hydrogens (tertiary/aromatic N) is 2. The van der Waals surface area contributed by atoms with Crippen molar-refractivity contribution in [2.75, 3.05) is 6.54 Å². The number of rotatable bonds is 4. The van der Waals surface area contributed by atoms with Gasteiger partial charge in [-0.15, -0.1) is 0 Å². The van der Waals surface area contributed by atoms with Crippen LogP contribution in [0.5, 0.6) is 0 Å². The zero-order valence-electron chi connectivity index (χ0n) is 16.5. The van der Waals surface area contributed by atoms with E-state index in [0.29, 0.717) is 6.54 Å². The second-order valence-corrected chi connectivity index (χ2v) is 7.95. The molecule has 138 valence electrons. The normalized spacial score (nSPS) is 19.2. The predicted octanol–water partition coefficient (Wildman–Crippen LogP) is 3.46. The summed E-state index contributed by atoms with van der Waals surface area (Å²) in [4.78, 5) is 0. The van der Waals surface area contributed by atoms with Crippen molar-refractivity contribution in [1.82, 2.24) is 9.78 Å². The van der Waals surface area contributed by atoms with Crippen molar-refractivity contribution in [3.05, 3.63) is 52.8 Å². The third-order valence-corrected chi connectivity index (χ3v) is 5.27. The van der Waals surface area contributed by atoms with Crippen molar-refractivity contribution in [2.45, 2.75) is 52.7 Å². The maximum atomic E-state index is 6.14. The van der Waals surface area contributed by atoms with Crippen LogP contribution >= 0.6 is 0 Å². The Bertz CT molecular complexity index is 823. The van der Waals surface area contributed by atoms with E-state index in [1.165, 1.54) is 0 Å². The van der Waals surface area contributed by atoms with Crippen LogP contribution in [0.2, 0.25) is 0 Å². The molecule has 0 atom stereocenters. The van der Waals surface area contributed by atoms with E-state index in [4.69, 9.17) is 15.0 Å². The number of nitrogens with two attached hydrogens (primary N) is 1. The van der Waals surface area contributed by atoms with E-state index in [2.05, 4.69) is 36.3 Å². The van der Waals surface area contributed by atoms with Crippen LogP contribution in [0.3, 0.4) is 0 Å². The summed E-state index contributed by atoms with van der Waals surface area (Å²) in [5.41, 5.74) is 10.4. The van der Waals surface area contributed by atoms with Crippen molar-refractivity contribution in [2.24, 2.45) is 5.73 Å². The molecule has 1 aliphatic rings. The number of aryl methyl sites for hydroxylation is 2. The summed E-state index contributed by atoms with van der Waals surface area (Å²) in [5.74, 6) is 0. The number of aromatic nitrogens is 2. The van der Waals surface area contributed by atoms with E-state index < -0.39 is 7.12 Å². The molecule has 0 unspecified atom stereocenters. The molecular weight excluding hydrogens is 325 g/mol. The molecule has 0 spiro atoms. The minimum absolute atomic E-state index is 0.376. The fourth-order valence-corrected chi connectivity index (χ4v) is 3.07. The van der Waals surface area contributed by atoms with Gasteiger partial charge in [0, 0.05) is 12.2 Å². The second kappa shape index (κ2) is 6.69. The smallest absolute Gasteiger partial charge is 0.400 e. The fourth-order valence-electron chi connectivity index (χ4n) is 3.07. The summed E-state index contributed by atoms with van der Waals surface area (Å²) in [6, 6.07) is 10.3. The lowest BCUT2D eigenvalue weighted by molar-refractivity contribution is 0.00578. The van der Waals surface area contributed by atoms with Crippen LogP contribution in [0.4, 0.5) is 0 Å². The van der Waals surface area contributed by atoms with Gasteiger partial charge in [0.25, 0.3) is 0 Å². The first-order valence-corrected chi connectivity index (χ1v) is 9.03. The van der Waals surface area contributed by atoms with Crippen LogP contribution in [0.25, 0.3) is 11.8 Å². The van der Waals surface area contributed by atoms with Gasteiger partial charge in [-0.2, -0.15) is 5.10 Å². The van der Waals surface area contributed by atoms with Gasteiger partial charge in [0.05, 0.1) is 22.6 Å². The molecule has 2 N–H and O–H groups in total. The summed E-state index contributed by atoms with van der Waals surface area (Å²) in [6.07, 6.45) is 2.05. The van der Waals surface area contributed by atoms with Gasteiger partial charge < -0.3 is 15.0 Å². The molecule has 1 aromatic carbocycles. The van der Waals surface area contributed by atoms with Gasteiger partial charge in [-0.05, 0) is 70.8 Å². The van der Waals surface area contributed by atoms with Gasteiger partial charge in [-0.3, -0.25) is 0 Å². The van der Waals surface area contributed by atoms with Gasteiger partial charge in [0.1, 0.15) is 0 Å². The minimum Gasteiger partial charge on any atom is -0.400 e. The molecule has 1 aliphatic heterocycles. The van der Waals surface area contributed by atoms with Gasteiger partial charge in [-0.25, -0.2) is 4.68 Å². The lowest BCUT2D eigenvalue weighted by Crippen LogP contribution is -2.41. The standard InChI is InChI=1S/C20H28BN3O2/c1-14-10-15(2)24(23-14)18-9-7-8-16(12-18)11-17(13-22)21-25-19(3,4)20(5,6)26-21/h7-12H,13,22H2,1-6H3. The van der Waals surface area contributed by atoms with Gasteiger partial charge in [-0.1, -0.05) is 18.2 Å². The molecule has 5 nitrogen and oxygen atoms in total. The van der Waals surface area contributed by atoms with Crippen LogP contribution in [-0.4, -0.2) is 34.6 Å². The minimum atomic E-state index is -0.428. The van der Waals surface area contributed by atoms with Crippen LogP contribution < -0.4 is 5.73 Å². The molecule has 0 saturated carbocycles. The Morgan fingerprint density at radius 3 is 2.35 bits per heavy atom. The Labute approximate surface area is 156 Å². The van der Waals surface area contributed by atoms with E-state index in [1.54, 1.807) is 0 Å². The highest BCUT2D eigenvalue weighted by Crippen LogP contribution is 2.38. The predicted molar refractivity (Wildman–Crippen MR) is 106 cm³/mol. The molecule has 1 saturated heterocycles. The monoisotopic (exact) mass is 353 g/mol. The molecule has 0 bridgehead atoms. The molecule has 6 heteroatoms. The van der Waals surface area contributed by atoms with Crippen molar-refractivity contribution in [3.63, 3.8) is 0 Å². The van der Waals surface area contributed by atoms with Crippen LogP contribution in [0.1, 0.15) is 44.6 Å². The topological polar surface area (TPSA) is 62.3 Å². The molecule has 26 heavy (non-hydrogen) atoms. The Morgan fingerprint density at radius 2 is 1.81 bits per heavy atom. The molecule has 0 amide bonds. The quantitative estimate of drug-likeness (QED) is 0.855. The largest absolute Gasteiger partial charge is 0.491 e. The summed E-state index contributed by atoms with van der Waals surface area (Å²) in [6.45, 7) is 12.6. The van der Waals surface area contributed by atoms with E-state index in [0.717, 1.165) is 28.1 Å². The lowest BCUT2D eigenvalue weighted by atomic mass is 9.77. The first-order chi connectivity index (χ1) is 12.1. The third kappa shape index (κ3) is 3.49. The number of hydrogen-bond acceptors (Lipinski definition) is 4. The van der Waals surface area contributed by atoms with Crippen molar-refractivity contribution >= 4 is 13.2 Å². The fraction of sp³-hybridized carbons (Fsp3) is 0.450. The Hall–Kier alpha value is -1.89. The van der Waals surface area contributed by atoms with Crippen molar-refractivity contribution < 1.29 is 9.31 Å². The van der Waals surface area contributed by atoms with Crippen LogP contribution in [-0.2, 0) is 9.31 Å². The van der Waals surface area contributed by atoms with Crippen LogP contribution in [0.15, 0.2) is 35.8 Å². The average molecular weight is 353 g/mol. The molecule has 1 fully saturated rings. The van der Waals surface area contributed by atoms with Gasteiger partial charge in [0.2, 0.25) is 0 Å². The third-order valence-electron chi connectivity index (χ3n) is 5.27. The highest BCUT2D eigenvalue weighted by molar-refractivity contribution is 6.55. The SMILES string of the molecule is Cc1cc(C)n(-c2cccc(C=C(CN)B3OC(C)(C)C(C)(C)O3)c2)n1. The maximum Gasteiger partial charge on any atom is 0.491 e. The van der Waals surface area contributed by atoms with E-state index in [1.807, 2.05) is 51.4 Å². The summed E-state index contributed by atoms with van der Waals surface area (Å²) >= 11 is 0. The lowest BCUT2D eigenvalue weighted by Gasteiger charge is -2.32. The van der Waals surface area contributed by atoms with Gasteiger partial charge in [0.15, 0.2) is 0 Å². The summed E-state index contributed by atoms with van der Waals surface area (Å²) in [7, 11) is -0.428. The highest BCUT2D eigenvalue weighted by Gasteiger charge is 2.52. The number of benzene rings is 1. The molecule has 1 aromatic heterocycles. The zero-order chi connectivity index (χ0) is 19.1. The second-order valence-electron chi connectivity index (χ2n) is 7.95.